The van der Waals surface area contributed by atoms with E-state index in [0.29, 0.717) is 6.42 Å². The Morgan fingerprint density at radius 1 is 1.05 bits per heavy atom. The zero-order chi connectivity index (χ0) is 15.7. The second-order valence-electron chi connectivity index (χ2n) is 7.55. The van der Waals surface area contributed by atoms with Gasteiger partial charge in [0, 0.05) is 31.1 Å². The summed E-state index contributed by atoms with van der Waals surface area (Å²) in [6.45, 7) is 10.7. The number of carbonyl (C=O) groups is 2. The lowest BCUT2D eigenvalue weighted by Gasteiger charge is -2.61. The van der Waals surface area contributed by atoms with Crippen LogP contribution in [0.1, 0.15) is 41.0 Å². The number of piperidine rings is 1. The minimum Gasteiger partial charge on any atom is -0.312 e. The summed E-state index contributed by atoms with van der Waals surface area (Å²) < 4.78 is 0. The Balaban J connectivity index is 2.62. The van der Waals surface area contributed by atoms with Crippen molar-refractivity contribution in [2.24, 2.45) is 5.92 Å². The molecule has 0 saturated carbocycles. The van der Waals surface area contributed by atoms with Crippen LogP contribution < -0.4 is 0 Å². The lowest BCUT2D eigenvalue weighted by atomic mass is 9.62. The number of rotatable bonds is 0. The summed E-state index contributed by atoms with van der Waals surface area (Å²) in [5, 5.41) is 0. The predicted octanol–water partition coefficient (Wildman–Crippen LogP) is 1.78. The first-order valence-electron chi connectivity index (χ1n) is 7.20. The van der Waals surface area contributed by atoms with Gasteiger partial charge in [-0.05, 0) is 41.2 Å². The van der Waals surface area contributed by atoms with Crippen molar-refractivity contribution in [1.82, 2.24) is 14.7 Å². The third-order valence-corrected chi connectivity index (χ3v) is 6.10. The Morgan fingerprint density at radius 2 is 1.55 bits per heavy atom. The molecule has 5 nitrogen and oxygen atoms in total. The molecule has 2 fully saturated rings. The standard InChI is InChI=1S/C15H27N3O2/c1-10-14(4,5)18(8)13(2,3)9-15(10)11(19)16(6)12(20)17(15)7/h10H,9H2,1-8H3. The number of urea groups is 1. The van der Waals surface area contributed by atoms with E-state index in [4.69, 9.17) is 0 Å². The van der Waals surface area contributed by atoms with E-state index < -0.39 is 5.54 Å². The van der Waals surface area contributed by atoms with Gasteiger partial charge in [-0.15, -0.1) is 0 Å². The Bertz CT molecular complexity index is 472. The molecule has 0 N–H and O–H groups in total. The molecule has 2 unspecified atom stereocenters. The van der Waals surface area contributed by atoms with Gasteiger partial charge in [0.15, 0.2) is 0 Å². The number of hydrogen-bond acceptors (Lipinski definition) is 3. The number of hydrogen-bond donors (Lipinski definition) is 0. The lowest BCUT2D eigenvalue weighted by Crippen LogP contribution is -2.73. The average Bonchev–Trinajstić information content (AvgIpc) is 2.51. The van der Waals surface area contributed by atoms with Crippen molar-refractivity contribution < 1.29 is 9.59 Å². The molecule has 0 aromatic rings. The van der Waals surface area contributed by atoms with Crippen LogP contribution in [0.3, 0.4) is 0 Å². The highest BCUT2D eigenvalue weighted by molar-refractivity contribution is 6.07. The summed E-state index contributed by atoms with van der Waals surface area (Å²) in [4.78, 5) is 30.4. The molecule has 20 heavy (non-hydrogen) atoms. The van der Waals surface area contributed by atoms with Gasteiger partial charge in [0.05, 0.1) is 0 Å². The fourth-order valence-electron chi connectivity index (χ4n) is 4.17. The molecular formula is C15H27N3O2. The number of likely N-dealkylation sites (N-methyl/N-ethyl adjacent to an activating group) is 2. The summed E-state index contributed by atoms with van der Waals surface area (Å²) in [6, 6.07) is -0.196. The van der Waals surface area contributed by atoms with E-state index in [9.17, 15) is 9.59 Å². The highest BCUT2D eigenvalue weighted by atomic mass is 16.2. The van der Waals surface area contributed by atoms with Gasteiger partial charge in [0.25, 0.3) is 5.91 Å². The fraction of sp³-hybridized carbons (Fsp3) is 0.867. The third kappa shape index (κ3) is 1.53. The molecule has 5 heteroatoms. The van der Waals surface area contributed by atoms with Gasteiger partial charge in [0.1, 0.15) is 5.54 Å². The van der Waals surface area contributed by atoms with E-state index in [2.05, 4.69) is 46.6 Å². The van der Waals surface area contributed by atoms with Gasteiger partial charge in [0.2, 0.25) is 0 Å². The SMILES string of the molecule is CC1C(C)(C)N(C)C(C)(C)CC12C(=O)N(C)C(=O)N2C. The number of imide groups is 1. The van der Waals surface area contributed by atoms with Crippen LogP contribution in [0.15, 0.2) is 0 Å². The maximum absolute atomic E-state index is 12.8. The molecule has 0 aromatic carbocycles. The molecule has 2 saturated heterocycles. The Morgan fingerprint density at radius 3 is 1.95 bits per heavy atom. The quantitative estimate of drug-likeness (QED) is 0.636. The maximum Gasteiger partial charge on any atom is 0.327 e. The highest BCUT2D eigenvalue weighted by Gasteiger charge is 2.66. The molecule has 2 heterocycles. The second kappa shape index (κ2) is 3.97. The normalized spacial score (nSPS) is 37.1. The number of amides is 3. The molecule has 3 amide bonds. The summed E-state index contributed by atoms with van der Waals surface area (Å²) in [5.74, 6) is -0.00817. The molecule has 1 spiro atoms. The molecule has 0 radical (unpaired) electrons. The Hall–Kier alpha value is -1.10. The van der Waals surface area contributed by atoms with Crippen LogP contribution in [-0.2, 0) is 4.79 Å². The average molecular weight is 281 g/mol. The molecule has 0 aromatic heterocycles. The van der Waals surface area contributed by atoms with Gasteiger partial charge in [-0.2, -0.15) is 0 Å². The van der Waals surface area contributed by atoms with Gasteiger partial charge in [-0.25, -0.2) is 4.79 Å². The first kappa shape index (κ1) is 15.3. The van der Waals surface area contributed by atoms with E-state index >= 15 is 0 Å². The van der Waals surface area contributed by atoms with Crippen LogP contribution in [0.2, 0.25) is 0 Å². The van der Waals surface area contributed by atoms with Crippen molar-refractivity contribution in [3.63, 3.8) is 0 Å². The first-order chi connectivity index (χ1) is 8.90. The van der Waals surface area contributed by atoms with Crippen molar-refractivity contribution in [1.29, 1.82) is 0 Å². The van der Waals surface area contributed by atoms with Crippen molar-refractivity contribution in [3.05, 3.63) is 0 Å². The number of nitrogens with zero attached hydrogens (tertiary/aromatic N) is 3. The van der Waals surface area contributed by atoms with E-state index in [1.807, 2.05) is 0 Å². The topological polar surface area (TPSA) is 43.9 Å². The molecule has 2 rings (SSSR count). The number of likely N-dealkylation sites (tertiary alicyclic amines) is 1. The fourth-order valence-corrected chi connectivity index (χ4v) is 4.17. The van der Waals surface area contributed by atoms with Crippen molar-refractivity contribution in [3.8, 4) is 0 Å². The van der Waals surface area contributed by atoms with Crippen LogP contribution in [0.5, 0.6) is 0 Å². The first-order valence-corrected chi connectivity index (χ1v) is 7.20. The van der Waals surface area contributed by atoms with Gasteiger partial charge >= 0.3 is 6.03 Å². The molecule has 2 aliphatic rings. The van der Waals surface area contributed by atoms with Gasteiger partial charge < -0.3 is 4.90 Å². The summed E-state index contributed by atoms with van der Waals surface area (Å²) in [5.41, 5.74) is -1.05. The summed E-state index contributed by atoms with van der Waals surface area (Å²) >= 11 is 0. The molecule has 2 aliphatic heterocycles. The van der Waals surface area contributed by atoms with E-state index in [1.165, 1.54) is 4.90 Å². The van der Waals surface area contributed by atoms with Crippen LogP contribution in [0.25, 0.3) is 0 Å². The monoisotopic (exact) mass is 281 g/mol. The second-order valence-corrected chi connectivity index (χ2v) is 7.55. The van der Waals surface area contributed by atoms with E-state index in [0.717, 1.165) is 0 Å². The van der Waals surface area contributed by atoms with Gasteiger partial charge in [-0.1, -0.05) is 6.92 Å². The third-order valence-electron chi connectivity index (χ3n) is 6.10. The largest absolute Gasteiger partial charge is 0.327 e. The van der Waals surface area contributed by atoms with Crippen LogP contribution in [-0.4, -0.2) is 64.4 Å². The molecular weight excluding hydrogens is 254 g/mol. The van der Waals surface area contributed by atoms with Crippen LogP contribution in [0, 0.1) is 5.92 Å². The lowest BCUT2D eigenvalue weighted by molar-refractivity contribution is -0.154. The van der Waals surface area contributed by atoms with Crippen molar-refractivity contribution in [2.45, 2.75) is 57.7 Å². The van der Waals surface area contributed by atoms with Gasteiger partial charge in [-0.3, -0.25) is 14.6 Å². The Labute approximate surface area is 121 Å². The molecule has 114 valence electrons. The zero-order valence-corrected chi connectivity index (χ0v) is 13.9. The predicted molar refractivity (Wildman–Crippen MR) is 78.4 cm³/mol. The molecule has 2 atom stereocenters. The molecule has 0 bridgehead atoms. The minimum atomic E-state index is -0.731. The van der Waals surface area contributed by atoms with E-state index in [-0.39, 0.29) is 28.9 Å². The number of carbonyl (C=O) groups excluding carboxylic acids is 2. The summed E-state index contributed by atoms with van der Waals surface area (Å²) in [6.07, 6.45) is 0.659. The van der Waals surface area contributed by atoms with Crippen molar-refractivity contribution >= 4 is 11.9 Å². The highest BCUT2D eigenvalue weighted by Crippen LogP contribution is 2.51. The molecule has 0 aliphatic carbocycles. The minimum absolute atomic E-state index is 0.0550. The van der Waals surface area contributed by atoms with E-state index in [1.54, 1.807) is 19.0 Å². The zero-order valence-electron chi connectivity index (χ0n) is 13.9. The smallest absolute Gasteiger partial charge is 0.312 e. The maximum atomic E-state index is 12.8. The van der Waals surface area contributed by atoms with Crippen LogP contribution in [0.4, 0.5) is 4.79 Å². The van der Waals surface area contributed by atoms with Crippen LogP contribution >= 0.6 is 0 Å². The Kier molecular flexibility index (Phi) is 3.03. The summed E-state index contributed by atoms with van der Waals surface area (Å²) in [7, 11) is 5.45. The van der Waals surface area contributed by atoms with Crippen molar-refractivity contribution in [2.75, 3.05) is 21.1 Å².